The summed E-state index contributed by atoms with van der Waals surface area (Å²) in [6.07, 6.45) is 4.98. The summed E-state index contributed by atoms with van der Waals surface area (Å²) in [6, 6.07) is 5.00. The van der Waals surface area contributed by atoms with Gasteiger partial charge in [-0.2, -0.15) is 5.10 Å². The van der Waals surface area contributed by atoms with Crippen LogP contribution in [0, 0.1) is 6.92 Å². The second kappa shape index (κ2) is 6.04. The predicted molar refractivity (Wildman–Crippen MR) is 85.6 cm³/mol. The van der Waals surface area contributed by atoms with E-state index < -0.39 is 9.84 Å². The molecule has 0 unspecified atom stereocenters. The summed E-state index contributed by atoms with van der Waals surface area (Å²) in [6.45, 7) is 1.83. The third kappa shape index (κ3) is 3.70. The lowest BCUT2D eigenvalue weighted by molar-refractivity contribution is -0.111. The van der Waals surface area contributed by atoms with Gasteiger partial charge in [0.15, 0.2) is 9.84 Å². The van der Waals surface area contributed by atoms with E-state index in [1.165, 1.54) is 6.08 Å². The van der Waals surface area contributed by atoms with Crippen molar-refractivity contribution >= 4 is 27.6 Å². The Morgan fingerprint density at radius 1 is 1.43 bits per heavy atom. The first-order valence-corrected chi connectivity index (χ1v) is 9.04. The lowest BCUT2D eigenvalue weighted by Crippen LogP contribution is -2.18. The second-order valence-corrected chi connectivity index (χ2v) is 7.72. The van der Waals surface area contributed by atoms with Crippen LogP contribution in [0.15, 0.2) is 34.9 Å². The Labute approximate surface area is 133 Å². The fourth-order valence-corrected chi connectivity index (χ4v) is 4.23. The number of sulfone groups is 1. The number of amides is 1. The number of nitrogens with one attached hydrogen (secondary N) is 1. The fourth-order valence-electron chi connectivity index (χ4n) is 2.54. The molecule has 1 aliphatic rings. The SMILES string of the molecule is Cc1ccc(/C=C\C(=O)Nc2ccnn2[C@H]2CCS(=O)(=O)C2)o1. The number of carbonyl (C=O) groups excluding carboxylic acids is 1. The van der Waals surface area contributed by atoms with Crippen LogP contribution in [0.2, 0.25) is 0 Å². The summed E-state index contributed by atoms with van der Waals surface area (Å²) in [5, 5.41) is 6.84. The van der Waals surface area contributed by atoms with Gasteiger partial charge < -0.3 is 9.73 Å². The summed E-state index contributed by atoms with van der Waals surface area (Å²) in [5.74, 6) is 1.72. The topological polar surface area (TPSA) is 94.2 Å². The molecule has 1 N–H and O–H groups in total. The van der Waals surface area contributed by atoms with Crippen molar-refractivity contribution in [3.8, 4) is 0 Å². The van der Waals surface area contributed by atoms with Gasteiger partial charge in [-0.1, -0.05) is 0 Å². The Bertz CT molecular complexity index is 848. The van der Waals surface area contributed by atoms with Crippen molar-refractivity contribution in [3.63, 3.8) is 0 Å². The molecule has 3 rings (SSSR count). The molecule has 0 radical (unpaired) electrons. The van der Waals surface area contributed by atoms with Gasteiger partial charge in [-0.25, -0.2) is 13.1 Å². The molecule has 1 amide bonds. The zero-order valence-corrected chi connectivity index (χ0v) is 13.4. The minimum absolute atomic E-state index is 0.0546. The molecular weight excluding hydrogens is 318 g/mol. The van der Waals surface area contributed by atoms with Gasteiger partial charge >= 0.3 is 0 Å². The standard InChI is InChI=1S/C15H17N3O4S/c1-11-2-3-13(22-11)4-5-15(19)17-14-6-8-16-18(14)12-7-9-23(20,21)10-12/h2-6,8,12H,7,9-10H2,1H3,(H,17,19)/b5-4-/t12-/m0/s1. The van der Waals surface area contributed by atoms with Gasteiger partial charge in [0.2, 0.25) is 5.91 Å². The first kappa shape index (κ1) is 15.5. The van der Waals surface area contributed by atoms with E-state index in [4.69, 9.17) is 4.42 Å². The summed E-state index contributed by atoms with van der Waals surface area (Å²) in [4.78, 5) is 12.0. The Morgan fingerprint density at radius 3 is 2.91 bits per heavy atom. The van der Waals surface area contributed by atoms with Gasteiger partial charge in [-0.15, -0.1) is 0 Å². The highest BCUT2D eigenvalue weighted by Gasteiger charge is 2.30. The van der Waals surface area contributed by atoms with Crippen molar-refractivity contribution in [3.05, 3.63) is 42.0 Å². The first-order chi connectivity index (χ1) is 10.9. The number of aryl methyl sites for hydroxylation is 1. The predicted octanol–water partition coefficient (Wildman–Crippen LogP) is 1.80. The van der Waals surface area contributed by atoms with E-state index in [9.17, 15) is 13.2 Å². The van der Waals surface area contributed by atoms with Crippen molar-refractivity contribution in [2.75, 3.05) is 16.8 Å². The minimum Gasteiger partial charge on any atom is -0.462 e. The Hall–Kier alpha value is -2.35. The molecule has 2 aromatic heterocycles. The number of furan rings is 1. The summed E-state index contributed by atoms with van der Waals surface area (Å²) < 4.78 is 30.1. The molecule has 122 valence electrons. The van der Waals surface area contributed by atoms with E-state index in [0.29, 0.717) is 18.0 Å². The number of hydrogen-bond acceptors (Lipinski definition) is 5. The van der Waals surface area contributed by atoms with Gasteiger partial charge in [0.1, 0.15) is 17.3 Å². The van der Waals surface area contributed by atoms with Crippen molar-refractivity contribution in [1.82, 2.24) is 9.78 Å². The van der Waals surface area contributed by atoms with Crippen molar-refractivity contribution in [1.29, 1.82) is 0 Å². The number of aromatic nitrogens is 2. The Kier molecular flexibility index (Phi) is 4.08. The molecule has 0 bridgehead atoms. The molecule has 0 aromatic carbocycles. The monoisotopic (exact) mass is 335 g/mol. The van der Waals surface area contributed by atoms with Crippen LogP contribution < -0.4 is 5.32 Å². The van der Waals surface area contributed by atoms with E-state index >= 15 is 0 Å². The molecule has 1 fully saturated rings. The molecular formula is C15H17N3O4S. The van der Waals surface area contributed by atoms with E-state index in [0.717, 1.165) is 5.76 Å². The fraction of sp³-hybridized carbons (Fsp3) is 0.333. The maximum atomic E-state index is 12.0. The van der Waals surface area contributed by atoms with E-state index in [1.807, 2.05) is 13.0 Å². The Morgan fingerprint density at radius 2 is 2.26 bits per heavy atom. The van der Waals surface area contributed by atoms with Crippen LogP contribution in [0.5, 0.6) is 0 Å². The second-order valence-electron chi connectivity index (χ2n) is 5.49. The van der Waals surface area contributed by atoms with Gasteiger partial charge in [0.05, 0.1) is 23.7 Å². The lowest BCUT2D eigenvalue weighted by atomic mass is 10.3. The van der Waals surface area contributed by atoms with Gasteiger partial charge in [-0.3, -0.25) is 4.79 Å². The van der Waals surface area contributed by atoms with Gasteiger partial charge in [-0.05, 0) is 31.6 Å². The van der Waals surface area contributed by atoms with Crippen LogP contribution in [-0.2, 0) is 14.6 Å². The number of carbonyl (C=O) groups is 1. The lowest BCUT2D eigenvalue weighted by Gasteiger charge is -2.12. The van der Waals surface area contributed by atoms with E-state index in [1.54, 1.807) is 29.1 Å². The third-order valence-electron chi connectivity index (χ3n) is 3.64. The quantitative estimate of drug-likeness (QED) is 0.860. The van der Waals surface area contributed by atoms with Crippen LogP contribution in [0.1, 0.15) is 24.0 Å². The molecule has 8 heteroatoms. The summed E-state index contributed by atoms with van der Waals surface area (Å²) in [7, 11) is -3.01. The summed E-state index contributed by atoms with van der Waals surface area (Å²) >= 11 is 0. The maximum absolute atomic E-state index is 12.0. The number of rotatable bonds is 4. The minimum atomic E-state index is -3.01. The third-order valence-corrected chi connectivity index (χ3v) is 5.39. The smallest absolute Gasteiger partial charge is 0.249 e. The van der Waals surface area contributed by atoms with Gasteiger partial charge in [0, 0.05) is 12.1 Å². The van der Waals surface area contributed by atoms with Crippen LogP contribution >= 0.6 is 0 Å². The molecule has 0 aliphatic carbocycles. The first-order valence-electron chi connectivity index (χ1n) is 7.22. The molecule has 1 saturated heterocycles. The average Bonchev–Trinajstić information content (AvgIpc) is 3.17. The number of hydrogen-bond donors (Lipinski definition) is 1. The van der Waals surface area contributed by atoms with Crippen molar-refractivity contribution in [2.45, 2.75) is 19.4 Å². The average molecular weight is 335 g/mol. The zero-order valence-electron chi connectivity index (χ0n) is 12.6. The number of nitrogens with zero attached hydrogens (tertiary/aromatic N) is 2. The highest BCUT2D eigenvalue weighted by Crippen LogP contribution is 2.26. The molecule has 7 nitrogen and oxygen atoms in total. The van der Waals surface area contributed by atoms with Crippen molar-refractivity contribution < 1.29 is 17.6 Å². The normalized spacial score (nSPS) is 20.1. The molecule has 3 heterocycles. The van der Waals surface area contributed by atoms with Crippen LogP contribution in [0.4, 0.5) is 5.82 Å². The van der Waals surface area contributed by atoms with E-state index in [-0.39, 0.29) is 23.5 Å². The zero-order chi connectivity index (χ0) is 16.4. The summed E-state index contributed by atoms with van der Waals surface area (Å²) in [5.41, 5.74) is 0. The van der Waals surface area contributed by atoms with Crippen LogP contribution in [0.25, 0.3) is 6.08 Å². The molecule has 1 atom stereocenters. The van der Waals surface area contributed by atoms with E-state index in [2.05, 4.69) is 10.4 Å². The molecule has 1 aliphatic heterocycles. The van der Waals surface area contributed by atoms with Crippen LogP contribution in [-0.4, -0.2) is 35.6 Å². The van der Waals surface area contributed by atoms with Crippen LogP contribution in [0.3, 0.4) is 0 Å². The molecule has 0 spiro atoms. The highest BCUT2D eigenvalue weighted by molar-refractivity contribution is 7.91. The maximum Gasteiger partial charge on any atom is 0.249 e. The van der Waals surface area contributed by atoms with Gasteiger partial charge in [0.25, 0.3) is 0 Å². The highest BCUT2D eigenvalue weighted by atomic mass is 32.2. The molecule has 0 saturated carbocycles. The number of anilines is 1. The largest absolute Gasteiger partial charge is 0.462 e. The Balaban J connectivity index is 1.68. The molecule has 23 heavy (non-hydrogen) atoms. The van der Waals surface area contributed by atoms with Crippen molar-refractivity contribution in [2.24, 2.45) is 0 Å². The molecule has 2 aromatic rings.